The largest absolute Gasteiger partial charge is 0.269 e. The lowest BCUT2D eigenvalue weighted by Gasteiger charge is -2.20. The highest BCUT2D eigenvalue weighted by atomic mass is 16.6. The van der Waals surface area contributed by atoms with Crippen molar-refractivity contribution in [3.8, 4) is 0 Å². The van der Waals surface area contributed by atoms with Crippen molar-refractivity contribution in [1.82, 2.24) is 0 Å². The van der Waals surface area contributed by atoms with Crippen molar-refractivity contribution in [2.24, 2.45) is 5.10 Å². The van der Waals surface area contributed by atoms with Crippen molar-refractivity contribution in [3.63, 3.8) is 0 Å². The van der Waals surface area contributed by atoms with Crippen LogP contribution in [0.15, 0.2) is 90.0 Å². The second-order valence-electron chi connectivity index (χ2n) is 5.87. The van der Waals surface area contributed by atoms with Gasteiger partial charge in [-0.05, 0) is 42.3 Å². The molecule has 0 fully saturated rings. The lowest BCUT2D eigenvalue weighted by Crippen LogP contribution is -2.18. The van der Waals surface area contributed by atoms with Crippen LogP contribution in [0.4, 0.5) is 11.4 Å². The van der Waals surface area contributed by atoms with Crippen molar-refractivity contribution >= 4 is 17.1 Å². The van der Waals surface area contributed by atoms with Gasteiger partial charge in [0, 0.05) is 12.1 Å². The normalized spacial score (nSPS) is 11.2. The second-order valence-corrected chi connectivity index (χ2v) is 5.87. The first kappa shape index (κ1) is 17.4. The number of nitrogens with zero attached hydrogens (tertiary/aromatic N) is 3. The van der Waals surface area contributed by atoms with Gasteiger partial charge in [-0.2, -0.15) is 5.10 Å². The minimum Gasteiger partial charge on any atom is -0.261 e. The van der Waals surface area contributed by atoms with Gasteiger partial charge in [0.05, 0.1) is 22.9 Å². The van der Waals surface area contributed by atoms with Crippen molar-refractivity contribution in [2.75, 3.05) is 5.01 Å². The van der Waals surface area contributed by atoms with E-state index in [1.165, 1.54) is 12.1 Å². The van der Waals surface area contributed by atoms with Crippen LogP contribution in [0.25, 0.3) is 0 Å². The number of hydrazone groups is 1. The third-order valence-electron chi connectivity index (χ3n) is 4.00. The van der Waals surface area contributed by atoms with E-state index in [1.54, 1.807) is 12.1 Å². The van der Waals surface area contributed by atoms with Gasteiger partial charge in [-0.3, -0.25) is 15.1 Å². The first-order valence-electron chi connectivity index (χ1n) is 8.30. The van der Waals surface area contributed by atoms with Crippen LogP contribution in [0.3, 0.4) is 0 Å². The van der Waals surface area contributed by atoms with Crippen LogP contribution in [-0.2, 0) is 6.54 Å². The smallest absolute Gasteiger partial charge is 0.261 e. The minimum absolute atomic E-state index is 0.0748. The van der Waals surface area contributed by atoms with Gasteiger partial charge in [-0.15, -0.1) is 0 Å². The van der Waals surface area contributed by atoms with Crippen molar-refractivity contribution < 1.29 is 4.92 Å². The SMILES string of the molecule is C/C(=N/N(Cc1ccccc1)c1ccccc1)c1ccc([N+](=O)[O-])cc1. The number of hydrogen-bond donors (Lipinski definition) is 0. The maximum atomic E-state index is 10.8. The molecule has 0 atom stereocenters. The summed E-state index contributed by atoms with van der Waals surface area (Å²) in [4.78, 5) is 10.4. The third kappa shape index (κ3) is 4.33. The van der Waals surface area contributed by atoms with Gasteiger partial charge < -0.3 is 0 Å². The van der Waals surface area contributed by atoms with Crippen molar-refractivity contribution in [3.05, 3.63) is 106 Å². The molecule has 0 saturated carbocycles. The number of hydrogen-bond acceptors (Lipinski definition) is 4. The highest BCUT2D eigenvalue weighted by Crippen LogP contribution is 2.19. The Kier molecular flexibility index (Phi) is 5.39. The molecule has 5 nitrogen and oxygen atoms in total. The molecule has 5 heteroatoms. The summed E-state index contributed by atoms with van der Waals surface area (Å²) in [6.07, 6.45) is 0. The molecule has 0 unspecified atom stereocenters. The topological polar surface area (TPSA) is 58.7 Å². The maximum absolute atomic E-state index is 10.8. The van der Waals surface area contributed by atoms with E-state index in [2.05, 4.69) is 12.1 Å². The summed E-state index contributed by atoms with van der Waals surface area (Å²) in [6, 6.07) is 26.5. The summed E-state index contributed by atoms with van der Waals surface area (Å²) in [5.41, 5.74) is 3.85. The van der Waals surface area contributed by atoms with Crippen LogP contribution in [0.1, 0.15) is 18.1 Å². The number of para-hydroxylation sites is 1. The molecule has 0 bridgehead atoms. The van der Waals surface area contributed by atoms with E-state index in [9.17, 15) is 10.1 Å². The molecular weight excluding hydrogens is 326 g/mol. The molecule has 130 valence electrons. The number of anilines is 1. The third-order valence-corrected chi connectivity index (χ3v) is 4.00. The zero-order valence-electron chi connectivity index (χ0n) is 14.4. The molecular formula is C21H19N3O2. The van der Waals surface area contributed by atoms with Crippen LogP contribution >= 0.6 is 0 Å². The predicted octanol–water partition coefficient (Wildman–Crippen LogP) is 5.03. The summed E-state index contributed by atoms with van der Waals surface area (Å²) in [7, 11) is 0. The fraction of sp³-hybridized carbons (Fsp3) is 0.0952. The highest BCUT2D eigenvalue weighted by molar-refractivity contribution is 5.99. The second kappa shape index (κ2) is 8.07. The van der Waals surface area contributed by atoms with E-state index in [-0.39, 0.29) is 5.69 Å². The number of nitro groups is 1. The average Bonchev–Trinajstić information content (AvgIpc) is 2.69. The summed E-state index contributed by atoms with van der Waals surface area (Å²) in [6.45, 7) is 2.54. The molecule has 0 amide bonds. The molecule has 0 spiro atoms. The van der Waals surface area contributed by atoms with Gasteiger partial charge in [0.15, 0.2) is 0 Å². The fourth-order valence-corrected chi connectivity index (χ4v) is 2.60. The zero-order chi connectivity index (χ0) is 18.4. The molecule has 0 heterocycles. The molecule has 0 aliphatic heterocycles. The standard InChI is InChI=1S/C21H19N3O2/c1-17(19-12-14-21(15-13-19)24(25)26)22-23(20-10-6-3-7-11-20)16-18-8-4-2-5-9-18/h2-15H,16H2,1H3/b22-17-. The van der Waals surface area contributed by atoms with E-state index in [1.807, 2.05) is 60.5 Å². The zero-order valence-corrected chi connectivity index (χ0v) is 14.4. The molecule has 3 aromatic carbocycles. The molecule has 3 rings (SSSR count). The molecule has 0 radical (unpaired) electrons. The molecule has 3 aromatic rings. The Labute approximate surface area is 152 Å². The number of rotatable bonds is 6. The Balaban J connectivity index is 1.90. The van der Waals surface area contributed by atoms with Gasteiger partial charge in [0.2, 0.25) is 0 Å². The molecule has 0 saturated heterocycles. The van der Waals surface area contributed by atoms with E-state index >= 15 is 0 Å². The quantitative estimate of drug-likeness (QED) is 0.358. The fourth-order valence-electron chi connectivity index (χ4n) is 2.60. The first-order valence-corrected chi connectivity index (χ1v) is 8.30. The predicted molar refractivity (Wildman–Crippen MR) is 104 cm³/mol. The monoisotopic (exact) mass is 345 g/mol. The van der Waals surface area contributed by atoms with Crippen molar-refractivity contribution in [2.45, 2.75) is 13.5 Å². The average molecular weight is 345 g/mol. The van der Waals surface area contributed by atoms with Gasteiger partial charge in [-0.25, -0.2) is 0 Å². The lowest BCUT2D eigenvalue weighted by atomic mass is 10.1. The molecule has 26 heavy (non-hydrogen) atoms. The molecule has 0 aliphatic rings. The van der Waals surface area contributed by atoms with Gasteiger partial charge in [-0.1, -0.05) is 48.5 Å². The first-order chi connectivity index (χ1) is 12.6. The Hall–Kier alpha value is -3.47. The van der Waals surface area contributed by atoms with Gasteiger partial charge >= 0.3 is 0 Å². The summed E-state index contributed by atoms with van der Waals surface area (Å²) >= 11 is 0. The van der Waals surface area contributed by atoms with Crippen LogP contribution in [0, 0.1) is 10.1 Å². The van der Waals surface area contributed by atoms with Crippen LogP contribution in [0.5, 0.6) is 0 Å². The highest BCUT2D eigenvalue weighted by Gasteiger charge is 2.09. The van der Waals surface area contributed by atoms with Gasteiger partial charge in [0.1, 0.15) is 0 Å². The summed E-state index contributed by atoms with van der Waals surface area (Å²) in [5.74, 6) is 0. The molecule has 0 aliphatic carbocycles. The Morgan fingerprint density at radius 1 is 0.923 bits per heavy atom. The maximum Gasteiger partial charge on any atom is 0.269 e. The Morgan fingerprint density at radius 3 is 2.08 bits per heavy atom. The Bertz CT molecular complexity index is 892. The summed E-state index contributed by atoms with van der Waals surface area (Å²) < 4.78 is 0. The minimum atomic E-state index is -0.401. The number of non-ortho nitro benzene ring substituents is 1. The van der Waals surface area contributed by atoms with Crippen LogP contribution in [-0.4, -0.2) is 10.6 Å². The van der Waals surface area contributed by atoms with E-state index in [0.29, 0.717) is 6.54 Å². The van der Waals surface area contributed by atoms with E-state index < -0.39 is 4.92 Å². The summed E-state index contributed by atoms with van der Waals surface area (Å²) in [5, 5.41) is 17.5. The van der Waals surface area contributed by atoms with Crippen molar-refractivity contribution in [1.29, 1.82) is 0 Å². The van der Waals surface area contributed by atoms with Crippen LogP contribution in [0.2, 0.25) is 0 Å². The molecule has 0 N–H and O–H groups in total. The van der Waals surface area contributed by atoms with E-state index in [4.69, 9.17) is 5.10 Å². The number of nitro benzene ring substituents is 1. The van der Waals surface area contributed by atoms with Gasteiger partial charge in [0.25, 0.3) is 5.69 Å². The Morgan fingerprint density at radius 2 is 1.50 bits per heavy atom. The van der Waals surface area contributed by atoms with E-state index in [0.717, 1.165) is 22.5 Å². The number of benzene rings is 3. The van der Waals surface area contributed by atoms with Crippen LogP contribution < -0.4 is 5.01 Å². The molecule has 0 aromatic heterocycles. The lowest BCUT2D eigenvalue weighted by molar-refractivity contribution is -0.384.